The van der Waals surface area contributed by atoms with Crippen molar-refractivity contribution in [3.8, 4) is 6.07 Å². The second kappa shape index (κ2) is 5.96. The number of nitriles is 1. The first-order valence-electron chi connectivity index (χ1n) is 6.15. The highest BCUT2D eigenvalue weighted by Crippen LogP contribution is 2.34. The number of anilines is 1. The van der Waals surface area contributed by atoms with E-state index in [2.05, 4.69) is 0 Å². The number of alkyl halides is 3. The summed E-state index contributed by atoms with van der Waals surface area (Å²) in [6.45, 7) is 4.00. The van der Waals surface area contributed by atoms with E-state index in [9.17, 15) is 13.2 Å². The summed E-state index contributed by atoms with van der Waals surface area (Å²) in [5, 5.41) is 8.74. The Morgan fingerprint density at radius 1 is 1.37 bits per heavy atom. The molecule has 1 aromatic carbocycles. The van der Waals surface area contributed by atoms with Crippen molar-refractivity contribution < 1.29 is 13.2 Å². The van der Waals surface area contributed by atoms with E-state index in [1.165, 1.54) is 6.07 Å². The standard InChI is InChI=1S/C14H17F3N2/c1-4-5-10(2)19(3)12-7-6-11(9-18)13(8-12)14(15,16)17/h6-8,10H,4-5H2,1-3H3. The van der Waals surface area contributed by atoms with Crippen LogP contribution in [0.25, 0.3) is 0 Å². The van der Waals surface area contributed by atoms with Gasteiger partial charge in [-0.1, -0.05) is 13.3 Å². The van der Waals surface area contributed by atoms with Gasteiger partial charge in [-0.25, -0.2) is 0 Å². The molecule has 0 aliphatic rings. The minimum atomic E-state index is -4.50. The lowest BCUT2D eigenvalue weighted by Crippen LogP contribution is -2.28. The molecule has 0 N–H and O–H groups in total. The molecule has 0 saturated carbocycles. The lowest BCUT2D eigenvalue weighted by Gasteiger charge is -2.27. The maximum Gasteiger partial charge on any atom is 0.417 e. The third-order valence-corrected chi connectivity index (χ3v) is 3.20. The first-order valence-corrected chi connectivity index (χ1v) is 6.15. The summed E-state index contributed by atoms with van der Waals surface area (Å²) in [5.74, 6) is 0. The molecule has 0 amide bonds. The topological polar surface area (TPSA) is 27.0 Å². The number of halogens is 3. The highest BCUT2D eigenvalue weighted by atomic mass is 19.4. The molecule has 2 nitrogen and oxygen atoms in total. The fourth-order valence-electron chi connectivity index (χ4n) is 1.95. The molecule has 0 aromatic heterocycles. The van der Waals surface area contributed by atoms with Gasteiger partial charge in [-0.3, -0.25) is 0 Å². The van der Waals surface area contributed by atoms with Crippen LogP contribution in [0.3, 0.4) is 0 Å². The molecule has 1 atom stereocenters. The lowest BCUT2D eigenvalue weighted by molar-refractivity contribution is -0.137. The van der Waals surface area contributed by atoms with Crippen molar-refractivity contribution in [1.82, 2.24) is 0 Å². The number of rotatable bonds is 4. The van der Waals surface area contributed by atoms with Crippen LogP contribution in [0.5, 0.6) is 0 Å². The molecule has 0 radical (unpaired) electrons. The van der Waals surface area contributed by atoms with Gasteiger partial charge in [-0.2, -0.15) is 18.4 Å². The third-order valence-electron chi connectivity index (χ3n) is 3.20. The fraction of sp³-hybridized carbons (Fsp3) is 0.500. The largest absolute Gasteiger partial charge is 0.417 e. The zero-order valence-corrected chi connectivity index (χ0v) is 11.3. The molecule has 1 rings (SSSR count). The van der Waals surface area contributed by atoms with Crippen LogP contribution < -0.4 is 4.90 Å². The minimum Gasteiger partial charge on any atom is -0.372 e. The van der Waals surface area contributed by atoms with Gasteiger partial charge in [-0.15, -0.1) is 0 Å². The van der Waals surface area contributed by atoms with E-state index >= 15 is 0 Å². The predicted molar refractivity (Wildman–Crippen MR) is 68.9 cm³/mol. The summed E-state index contributed by atoms with van der Waals surface area (Å²) in [7, 11) is 1.77. The molecule has 1 unspecified atom stereocenters. The molecule has 104 valence electrons. The van der Waals surface area contributed by atoms with Gasteiger partial charge in [0.15, 0.2) is 0 Å². The van der Waals surface area contributed by atoms with Gasteiger partial charge < -0.3 is 4.90 Å². The molecular formula is C14H17F3N2. The zero-order chi connectivity index (χ0) is 14.6. The van der Waals surface area contributed by atoms with E-state index in [4.69, 9.17) is 5.26 Å². The van der Waals surface area contributed by atoms with E-state index in [0.717, 1.165) is 18.9 Å². The zero-order valence-electron chi connectivity index (χ0n) is 11.3. The van der Waals surface area contributed by atoms with E-state index in [-0.39, 0.29) is 11.6 Å². The van der Waals surface area contributed by atoms with Gasteiger partial charge in [0, 0.05) is 18.8 Å². The van der Waals surface area contributed by atoms with Gasteiger partial charge >= 0.3 is 6.18 Å². The van der Waals surface area contributed by atoms with E-state index < -0.39 is 11.7 Å². The summed E-state index contributed by atoms with van der Waals surface area (Å²) in [6.07, 6.45) is -2.64. The smallest absolute Gasteiger partial charge is 0.372 e. The van der Waals surface area contributed by atoms with Crippen molar-refractivity contribution in [3.63, 3.8) is 0 Å². The average Bonchev–Trinajstić information content (AvgIpc) is 2.36. The Labute approximate surface area is 111 Å². The molecule has 1 aromatic rings. The number of nitrogens with zero attached hydrogens (tertiary/aromatic N) is 2. The van der Waals surface area contributed by atoms with Crippen LogP contribution >= 0.6 is 0 Å². The third kappa shape index (κ3) is 3.63. The van der Waals surface area contributed by atoms with Gasteiger partial charge in [0.25, 0.3) is 0 Å². The Morgan fingerprint density at radius 3 is 2.47 bits per heavy atom. The summed E-state index contributed by atoms with van der Waals surface area (Å²) in [6, 6.07) is 5.57. The molecule has 0 aliphatic carbocycles. The number of hydrogen-bond acceptors (Lipinski definition) is 2. The highest BCUT2D eigenvalue weighted by molar-refractivity contribution is 5.54. The number of benzene rings is 1. The van der Waals surface area contributed by atoms with Crippen molar-refractivity contribution in [2.45, 2.75) is 38.9 Å². The van der Waals surface area contributed by atoms with Gasteiger partial charge in [-0.05, 0) is 31.5 Å². The van der Waals surface area contributed by atoms with Gasteiger partial charge in [0.1, 0.15) is 0 Å². The Morgan fingerprint density at radius 2 is 2.00 bits per heavy atom. The van der Waals surface area contributed by atoms with Crippen LogP contribution in [-0.4, -0.2) is 13.1 Å². The van der Waals surface area contributed by atoms with Crippen molar-refractivity contribution >= 4 is 5.69 Å². The molecule has 0 heterocycles. The average molecular weight is 270 g/mol. The fourth-order valence-corrected chi connectivity index (χ4v) is 1.95. The van der Waals surface area contributed by atoms with Crippen molar-refractivity contribution in [2.75, 3.05) is 11.9 Å². The molecule has 0 aliphatic heterocycles. The molecule has 0 spiro atoms. The highest BCUT2D eigenvalue weighted by Gasteiger charge is 2.34. The van der Waals surface area contributed by atoms with Crippen LogP contribution in [0.2, 0.25) is 0 Å². The molecular weight excluding hydrogens is 253 g/mol. The van der Waals surface area contributed by atoms with Crippen molar-refractivity contribution in [2.24, 2.45) is 0 Å². The molecule has 5 heteroatoms. The Balaban J connectivity index is 3.16. The van der Waals surface area contributed by atoms with Crippen molar-refractivity contribution in [3.05, 3.63) is 29.3 Å². The molecule has 0 saturated heterocycles. The second-order valence-corrected chi connectivity index (χ2v) is 4.59. The van der Waals surface area contributed by atoms with Gasteiger partial charge in [0.05, 0.1) is 17.2 Å². The molecule has 0 fully saturated rings. The van der Waals surface area contributed by atoms with Crippen LogP contribution in [-0.2, 0) is 6.18 Å². The first kappa shape index (κ1) is 15.4. The lowest BCUT2D eigenvalue weighted by atomic mass is 10.1. The van der Waals surface area contributed by atoms with Crippen LogP contribution in [0, 0.1) is 11.3 Å². The molecule has 19 heavy (non-hydrogen) atoms. The predicted octanol–water partition coefficient (Wildman–Crippen LogP) is 4.20. The summed E-state index contributed by atoms with van der Waals surface area (Å²) < 4.78 is 38.6. The normalized spacial score (nSPS) is 12.9. The van der Waals surface area contributed by atoms with Gasteiger partial charge in [0.2, 0.25) is 0 Å². The van der Waals surface area contributed by atoms with Crippen LogP contribution in [0.1, 0.15) is 37.8 Å². The van der Waals surface area contributed by atoms with E-state index in [0.29, 0.717) is 5.69 Å². The first-order chi connectivity index (χ1) is 8.81. The Kier molecular flexibility index (Phi) is 4.82. The summed E-state index contributed by atoms with van der Waals surface area (Å²) in [5.41, 5.74) is -0.733. The molecule has 0 bridgehead atoms. The van der Waals surface area contributed by atoms with Crippen LogP contribution in [0.4, 0.5) is 18.9 Å². The quantitative estimate of drug-likeness (QED) is 0.819. The Bertz CT molecular complexity index is 475. The number of hydrogen-bond donors (Lipinski definition) is 0. The van der Waals surface area contributed by atoms with E-state index in [1.807, 2.05) is 13.8 Å². The summed E-state index contributed by atoms with van der Waals surface area (Å²) in [4.78, 5) is 1.81. The maximum atomic E-state index is 12.9. The monoisotopic (exact) mass is 270 g/mol. The summed E-state index contributed by atoms with van der Waals surface area (Å²) >= 11 is 0. The minimum absolute atomic E-state index is 0.152. The SMILES string of the molecule is CCCC(C)N(C)c1ccc(C#N)c(C(F)(F)F)c1. The van der Waals surface area contributed by atoms with E-state index in [1.54, 1.807) is 24.1 Å². The second-order valence-electron chi connectivity index (χ2n) is 4.59. The van der Waals surface area contributed by atoms with Crippen molar-refractivity contribution in [1.29, 1.82) is 5.26 Å². The van der Waals surface area contributed by atoms with Crippen LogP contribution in [0.15, 0.2) is 18.2 Å². The maximum absolute atomic E-state index is 12.9. The Hall–Kier alpha value is -1.70.